The highest BCUT2D eigenvalue weighted by Gasteiger charge is 2.52. The molecule has 5 atom stereocenters. The van der Waals surface area contributed by atoms with E-state index in [2.05, 4.69) is 10.3 Å². The van der Waals surface area contributed by atoms with Crippen LogP contribution in [0.3, 0.4) is 0 Å². The quantitative estimate of drug-likeness (QED) is 0.120. The summed E-state index contributed by atoms with van der Waals surface area (Å²) in [6.07, 6.45) is 1.38. The maximum absolute atomic E-state index is 13.6. The highest BCUT2D eigenvalue weighted by molar-refractivity contribution is 7.53. The lowest BCUT2D eigenvalue weighted by Crippen LogP contribution is -2.44. The van der Waals surface area contributed by atoms with Crippen LogP contribution in [0.4, 0.5) is 0 Å². The Hall–Kier alpha value is -2.88. The van der Waals surface area contributed by atoms with E-state index in [0.717, 1.165) is 43.1 Å². The van der Waals surface area contributed by atoms with Crippen LogP contribution in [-0.2, 0) is 46.9 Å². The normalized spacial score (nSPS) is 22.2. The van der Waals surface area contributed by atoms with Crippen molar-refractivity contribution >= 4 is 25.4 Å². The number of esters is 2. The second-order valence-electron chi connectivity index (χ2n) is 13.1. The fourth-order valence-electron chi connectivity index (χ4n) is 6.09. The summed E-state index contributed by atoms with van der Waals surface area (Å²) in [5, 5.41) is 2.75. The van der Waals surface area contributed by atoms with Crippen molar-refractivity contribution in [3.63, 3.8) is 0 Å². The molecule has 1 aliphatic heterocycles. The Balaban J connectivity index is 1.90. The number of hydrogen-bond donors (Lipinski definition) is 2. The lowest BCUT2D eigenvalue weighted by molar-refractivity contribution is -0.163. The van der Waals surface area contributed by atoms with E-state index in [-0.39, 0.29) is 43.9 Å². The summed E-state index contributed by atoms with van der Waals surface area (Å²) in [5.74, 6) is -2.40. The average Bonchev–Trinajstić information content (AvgIpc) is 3.19. The number of nitrogens with zero attached hydrogens (tertiary/aromatic N) is 2. The van der Waals surface area contributed by atoms with Crippen LogP contribution in [0.1, 0.15) is 83.9 Å². The summed E-state index contributed by atoms with van der Waals surface area (Å²) in [5.41, 5.74) is -1.22. The summed E-state index contributed by atoms with van der Waals surface area (Å²) < 4.78 is 49.7. The fourth-order valence-corrected chi connectivity index (χ4v) is 8.07. The molecule has 2 heterocycles. The van der Waals surface area contributed by atoms with Gasteiger partial charge in [0.15, 0.2) is 12.3 Å². The highest BCUT2D eigenvalue weighted by Crippen LogP contribution is 2.51. The van der Waals surface area contributed by atoms with Crippen LogP contribution < -0.4 is 16.6 Å². The Bertz CT molecular complexity index is 1410. The van der Waals surface area contributed by atoms with Crippen LogP contribution >= 0.6 is 7.60 Å². The van der Waals surface area contributed by atoms with Crippen LogP contribution in [0.15, 0.2) is 15.8 Å². The molecule has 1 aliphatic carbocycles. The Morgan fingerprint density at radius 2 is 1.64 bits per heavy atom. The van der Waals surface area contributed by atoms with E-state index in [1.54, 1.807) is 20.8 Å². The first kappa shape index (κ1) is 41.5. The van der Waals surface area contributed by atoms with Gasteiger partial charge in [0.05, 0.1) is 32.2 Å². The largest absolute Gasteiger partial charge is 0.462 e. The summed E-state index contributed by atoms with van der Waals surface area (Å²) in [7, 11) is 0.0933. The van der Waals surface area contributed by atoms with Crippen molar-refractivity contribution in [2.24, 2.45) is 5.92 Å². The van der Waals surface area contributed by atoms with Gasteiger partial charge in [-0.05, 0) is 66.5 Å². The zero-order valence-corrected chi connectivity index (χ0v) is 31.1. The van der Waals surface area contributed by atoms with Gasteiger partial charge in [0.1, 0.15) is 24.9 Å². The first-order chi connectivity index (χ1) is 23.8. The molecule has 284 valence electrons. The van der Waals surface area contributed by atoms with E-state index in [1.807, 2.05) is 19.0 Å². The Labute approximate surface area is 293 Å². The first-order valence-corrected chi connectivity index (χ1v) is 19.3. The summed E-state index contributed by atoms with van der Waals surface area (Å²) >= 11 is 0. The first-order valence-electron chi connectivity index (χ1n) is 17.5. The average molecular weight is 731 g/mol. The third kappa shape index (κ3) is 12.7. The molecule has 16 nitrogen and oxygen atoms in total. The molecule has 0 bridgehead atoms. The van der Waals surface area contributed by atoms with E-state index in [9.17, 15) is 28.5 Å². The van der Waals surface area contributed by atoms with E-state index in [4.69, 9.17) is 28.0 Å². The number of amides is 1. The number of H-pyrrole nitrogens is 1. The van der Waals surface area contributed by atoms with Crippen molar-refractivity contribution in [1.29, 1.82) is 0 Å². The number of aryl methyl sites for hydroxylation is 1. The summed E-state index contributed by atoms with van der Waals surface area (Å²) in [4.78, 5) is 68.2. The number of aromatic amines is 1. The molecule has 2 fully saturated rings. The monoisotopic (exact) mass is 730 g/mol. The van der Waals surface area contributed by atoms with Crippen molar-refractivity contribution in [2.75, 3.05) is 53.2 Å². The molecular formula is C33H55N4O12P. The minimum Gasteiger partial charge on any atom is -0.462 e. The van der Waals surface area contributed by atoms with Gasteiger partial charge in [-0.15, -0.1) is 0 Å². The predicted octanol–water partition coefficient (Wildman–Crippen LogP) is 2.67. The van der Waals surface area contributed by atoms with E-state index in [1.165, 1.54) is 13.1 Å². The molecule has 2 aliphatic rings. The van der Waals surface area contributed by atoms with Gasteiger partial charge in [0, 0.05) is 24.8 Å². The molecule has 0 aromatic carbocycles. The zero-order valence-electron chi connectivity index (χ0n) is 30.2. The second-order valence-corrected chi connectivity index (χ2v) is 15.2. The van der Waals surface area contributed by atoms with Gasteiger partial charge < -0.3 is 38.2 Å². The fraction of sp³-hybridized carbons (Fsp3) is 0.788. The number of rotatable bonds is 19. The molecule has 2 N–H and O–H groups in total. The van der Waals surface area contributed by atoms with Crippen molar-refractivity contribution in [2.45, 2.75) is 110 Å². The summed E-state index contributed by atoms with van der Waals surface area (Å²) in [6.45, 7) is 7.26. The number of carbonyl (C=O) groups is 3. The third-order valence-corrected chi connectivity index (χ3v) is 10.9. The van der Waals surface area contributed by atoms with Gasteiger partial charge in [-0.1, -0.05) is 19.8 Å². The molecule has 3 rings (SSSR count). The molecule has 1 amide bonds. The number of nitrogens with one attached hydrogen (secondary N) is 2. The lowest BCUT2D eigenvalue weighted by Gasteiger charge is -2.28. The van der Waals surface area contributed by atoms with Crippen LogP contribution in [0.25, 0.3) is 0 Å². The Morgan fingerprint density at radius 3 is 2.24 bits per heavy atom. The smallest absolute Gasteiger partial charge is 0.331 e. The van der Waals surface area contributed by atoms with Crippen molar-refractivity contribution < 1.29 is 46.9 Å². The number of hydrogen-bond acceptors (Lipinski definition) is 13. The number of ether oxygens (including phenoxy) is 4. The molecule has 1 aromatic rings. The van der Waals surface area contributed by atoms with Gasteiger partial charge in [-0.3, -0.25) is 33.3 Å². The molecule has 1 aromatic heterocycles. The number of likely N-dealkylation sites (N-methyl/N-ethyl adjacent to an activating group) is 1. The van der Waals surface area contributed by atoms with Crippen molar-refractivity contribution in [3.05, 3.63) is 32.6 Å². The third-order valence-electron chi connectivity index (χ3n) is 8.56. The lowest BCUT2D eigenvalue weighted by atomic mass is 9.99. The van der Waals surface area contributed by atoms with E-state index < -0.39 is 73.8 Å². The molecule has 1 saturated heterocycles. The van der Waals surface area contributed by atoms with Crippen LogP contribution in [0.5, 0.6) is 0 Å². The highest BCUT2D eigenvalue weighted by atomic mass is 31.2. The molecule has 1 saturated carbocycles. The molecule has 0 spiro atoms. The molecule has 17 heteroatoms. The number of aromatic nitrogens is 2. The van der Waals surface area contributed by atoms with Crippen LogP contribution in [-0.4, -0.2) is 110 Å². The van der Waals surface area contributed by atoms with Crippen molar-refractivity contribution in [1.82, 2.24) is 19.8 Å². The van der Waals surface area contributed by atoms with Gasteiger partial charge in [0.25, 0.3) is 5.56 Å². The van der Waals surface area contributed by atoms with Crippen LogP contribution in [0, 0.1) is 12.8 Å². The Morgan fingerprint density at radius 1 is 1.02 bits per heavy atom. The van der Waals surface area contributed by atoms with E-state index >= 15 is 0 Å². The molecule has 0 radical (unpaired) electrons. The van der Waals surface area contributed by atoms with Gasteiger partial charge in [-0.25, -0.2) is 4.79 Å². The van der Waals surface area contributed by atoms with Crippen molar-refractivity contribution in [3.8, 4) is 0 Å². The molecule has 50 heavy (non-hydrogen) atoms. The molecular weight excluding hydrogens is 675 g/mol. The van der Waals surface area contributed by atoms with E-state index in [0.29, 0.717) is 13.1 Å². The maximum Gasteiger partial charge on any atom is 0.331 e. The van der Waals surface area contributed by atoms with Gasteiger partial charge in [0.2, 0.25) is 5.91 Å². The maximum atomic E-state index is 13.6. The summed E-state index contributed by atoms with van der Waals surface area (Å²) in [6, 6.07) is 0. The molecule has 0 unspecified atom stereocenters. The minimum absolute atomic E-state index is 0.119. The second kappa shape index (κ2) is 20.2. The predicted molar refractivity (Wildman–Crippen MR) is 183 cm³/mol. The van der Waals surface area contributed by atoms with Gasteiger partial charge >= 0.3 is 25.2 Å². The van der Waals surface area contributed by atoms with Crippen LogP contribution in [0.2, 0.25) is 0 Å². The zero-order chi connectivity index (χ0) is 36.8. The topological polar surface area (TPSA) is 194 Å². The van der Waals surface area contributed by atoms with Gasteiger partial charge in [-0.2, -0.15) is 0 Å². The standard InChI is InChI=1S/C33H55N4O12P/c1-7-45-50(43,46-8-2)21-23(4)28-29(48-27(40)16-15-26(39)47-24-13-11-9-10-12-14-24)30(44-20-25(38)34-17-18-36(5)6)32(49-28)37-19-22(3)31(41)35-33(37)42/h19,23-24,28-30,32H,7-18,20-21H2,1-6H3,(H,34,38)(H,35,41,42)/t23-,28-,29-,30-,32-/m1/s1. The SMILES string of the molecule is CCOP(=O)(C[C@@H](C)[C@H]1O[C@@H](n2cc(C)c(=O)[nH]c2=O)[C@H](OCC(=O)NCCN(C)C)[C@@H]1OC(=O)CCC(=O)OC1CCCCCC1)OCC. The Kier molecular flexibility index (Phi) is 16.8. The number of carbonyl (C=O) groups excluding carboxylic acids is 3. The minimum atomic E-state index is -3.63.